The Morgan fingerprint density at radius 2 is 1.03 bits per heavy atom. The first-order valence-corrected chi connectivity index (χ1v) is 21.1. The highest BCUT2D eigenvalue weighted by Gasteiger charge is 2.31. The lowest BCUT2D eigenvalue weighted by Gasteiger charge is -2.34. The number of aromatic nitrogens is 4. The van der Waals surface area contributed by atoms with E-state index in [1.165, 1.54) is 0 Å². The van der Waals surface area contributed by atoms with Crippen molar-refractivity contribution < 1.29 is 28.5 Å². The molecule has 2 aromatic carbocycles. The van der Waals surface area contributed by atoms with Crippen molar-refractivity contribution >= 4 is 34.5 Å². The quantitative estimate of drug-likeness (QED) is 0.118. The summed E-state index contributed by atoms with van der Waals surface area (Å²) >= 11 is 3.15. The van der Waals surface area contributed by atoms with Crippen LogP contribution < -0.4 is 18.9 Å². The zero-order valence-corrected chi connectivity index (χ0v) is 34.2. The second kappa shape index (κ2) is 20.0. The number of ether oxygens (including phenoxy) is 4. The molecule has 2 aliphatic rings. The molecular weight excluding hydrogens is 773 g/mol. The van der Waals surface area contributed by atoms with Crippen molar-refractivity contribution in [1.29, 1.82) is 0 Å². The molecule has 4 aromatic heterocycles. The van der Waals surface area contributed by atoms with E-state index in [2.05, 4.69) is 9.97 Å². The average Bonchev–Trinajstić information content (AvgIpc) is 4.00. The summed E-state index contributed by atoms with van der Waals surface area (Å²) in [6.45, 7) is 1.55. The number of hydrogen-bond acceptors (Lipinski definition) is 12. The normalized spacial score (nSPS) is 16.4. The fourth-order valence-electron chi connectivity index (χ4n) is 6.96. The number of pyridine rings is 2. The van der Waals surface area contributed by atoms with Crippen LogP contribution in [0.1, 0.15) is 62.0 Å². The minimum atomic E-state index is -0.00756. The molecule has 2 aliphatic heterocycles. The summed E-state index contributed by atoms with van der Waals surface area (Å²) < 4.78 is 21.6. The third kappa shape index (κ3) is 10.4. The van der Waals surface area contributed by atoms with Crippen LogP contribution in [0.2, 0.25) is 0 Å². The van der Waals surface area contributed by atoms with Crippen LogP contribution in [-0.2, 0) is 9.59 Å². The molecule has 0 N–H and O–H groups in total. The standard InChI is InChI=1S/2C22H23N3O3S/c2*1-27-20-11-10-16(13-23-20)22-24-18(15-29-22)19-9-5-6-12-25(19)21(26)14-28-17-7-3-2-4-8-17/h2*2-4,7-8,10-11,13,15,19H,5-6,9,12,14H2,1H3/t2*19-/m11/s1. The topological polar surface area (TPSA) is 129 Å². The van der Waals surface area contributed by atoms with Gasteiger partial charge in [0, 0.05) is 59.5 Å². The lowest BCUT2D eigenvalue weighted by molar-refractivity contribution is -0.138. The number of benzene rings is 2. The molecule has 0 aliphatic carbocycles. The zero-order valence-electron chi connectivity index (χ0n) is 32.6. The number of nitrogens with zero attached hydrogens (tertiary/aromatic N) is 6. The van der Waals surface area contributed by atoms with Crippen LogP contribution in [-0.4, -0.2) is 82.1 Å². The Morgan fingerprint density at radius 1 is 0.603 bits per heavy atom. The fourth-order valence-corrected chi connectivity index (χ4v) is 8.68. The third-order valence-corrected chi connectivity index (χ3v) is 11.8. The van der Waals surface area contributed by atoms with Crippen LogP contribution >= 0.6 is 22.7 Å². The molecular formula is C44H46N6O6S2. The zero-order chi connectivity index (χ0) is 40.1. The molecule has 58 heavy (non-hydrogen) atoms. The van der Waals surface area contributed by atoms with E-state index in [0.29, 0.717) is 23.3 Å². The van der Waals surface area contributed by atoms with Crippen LogP contribution in [0.4, 0.5) is 0 Å². The predicted molar refractivity (Wildman–Crippen MR) is 224 cm³/mol. The molecule has 12 nitrogen and oxygen atoms in total. The summed E-state index contributed by atoms with van der Waals surface area (Å²) in [5.74, 6) is 2.56. The second-order valence-corrected chi connectivity index (χ2v) is 15.5. The highest BCUT2D eigenvalue weighted by molar-refractivity contribution is 7.13. The van der Waals surface area contributed by atoms with E-state index in [0.717, 1.165) is 84.1 Å². The van der Waals surface area contributed by atoms with Crippen molar-refractivity contribution in [2.45, 2.75) is 50.6 Å². The minimum absolute atomic E-state index is 0.000725. The van der Waals surface area contributed by atoms with Crippen LogP contribution in [0.15, 0.2) is 108 Å². The number of carbonyl (C=O) groups excluding carboxylic acids is 2. The van der Waals surface area contributed by atoms with Crippen molar-refractivity contribution in [3.05, 3.63) is 119 Å². The van der Waals surface area contributed by atoms with Gasteiger partial charge in [0.2, 0.25) is 11.8 Å². The molecule has 0 saturated carbocycles. The van der Waals surface area contributed by atoms with Crippen LogP contribution in [0.25, 0.3) is 21.1 Å². The molecule has 8 rings (SSSR count). The number of amides is 2. The Labute approximate surface area is 346 Å². The summed E-state index contributed by atoms with van der Waals surface area (Å²) in [7, 11) is 3.19. The van der Waals surface area contributed by atoms with Gasteiger partial charge in [0.15, 0.2) is 13.2 Å². The van der Waals surface area contributed by atoms with Crippen molar-refractivity contribution in [2.24, 2.45) is 0 Å². The molecule has 300 valence electrons. The number of piperidine rings is 2. The number of methoxy groups -OCH3 is 2. The molecule has 2 atom stereocenters. The average molecular weight is 819 g/mol. The first-order valence-electron chi connectivity index (χ1n) is 19.4. The molecule has 6 aromatic rings. The molecule has 2 saturated heterocycles. The summed E-state index contributed by atoms with van der Waals surface area (Å²) in [6.07, 6.45) is 9.55. The Kier molecular flexibility index (Phi) is 13.9. The van der Waals surface area contributed by atoms with Gasteiger partial charge in [-0.15, -0.1) is 22.7 Å². The molecule has 2 amide bonds. The molecule has 0 radical (unpaired) electrons. The smallest absolute Gasteiger partial charge is 0.261 e. The molecule has 0 unspecified atom stereocenters. The van der Waals surface area contributed by atoms with Crippen LogP contribution in [0.3, 0.4) is 0 Å². The number of para-hydroxylation sites is 2. The number of likely N-dealkylation sites (tertiary alicyclic amines) is 2. The maximum absolute atomic E-state index is 12.9. The summed E-state index contributed by atoms with van der Waals surface area (Å²) in [6, 6.07) is 26.4. The van der Waals surface area contributed by atoms with E-state index in [1.807, 2.05) is 105 Å². The van der Waals surface area contributed by atoms with Gasteiger partial charge in [-0.3, -0.25) is 9.59 Å². The highest BCUT2D eigenvalue weighted by atomic mass is 32.1. The summed E-state index contributed by atoms with van der Waals surface area (Å²) in [5.41, 5.74) is 3.77. The third-order valence-electron chi connectivity index (χ3n) is 9.97. The SMILES string of the molecule is COc1ccc(-c2nc([C@H]3CCCCN3C(=O)COc3ccccc3)cs2)cn1.COc1ccc(-c2nc([C@H]3CCCCN3C(=O)COc3ccccc3)cs2)cn1. The van der Waals surface area contributed by atoms with Crippen LogP contribution in [0, 0.1) is 0 Å². The van der Waals surface area contributed by atoms with E-state index in [-0.39, 0.29) is 37.1 Å². The van der Waals surface area contributed by atoms with Crippen molar-refractivity contribution in [1.82, 2.24) is 29.7 Å². The van der Waals surface area contributed by atoms with E-state index < -0.39 is 0 Å². The lowest BCUT2D eigenvalue weighted by Crippen LogP contribution is -2.41. The van der Waals surface area contributed by atoms with E-state index >= 15 is 0 Å². The Balaban J connectivity index is 0.000000177. The lowest BCUT2D eigenvalue weighted by atomic mass is 10.00. The van der Waals surface area contributed by atoms with E-state index in [9.17, 15) is 9.59 Å². The highest BCUT2D eigenvalue weighted by Crippen LogP contribution is 2.36. The first kappa shape index (κ1) is 40.3. The van der Waals surface area contributed by atoms with Gasteiger partial charge in [-0.2, -0.15) is 0 Å². The molecule has 2 fully saturated rings. The molecule has 0 spiro atoms. The van der Waals surface area contributed by atoms with Crippen molar-refractivity contribution in [3.63, 3.8) is 0 Å². The molecule has 0 bridgehead atoms. The molecule has 6 heterocycles. The number of carbonyl (C=O) groups is 2. The Hall–Kier alpha value is -5.86. The summed E-state index contributed by atoms with van der Waals surface area (Å²) in [5, 5.41) is 5.89. The minimum Gasteiger partial charge on any atom is -0.484 e. The monoisotopic (exact) mass is 818 g/mol. The fraction of sp³-hybridized carbons (Fsp3) is 0.318. The molecule has 14 heteroatoms. The van der Waals surface area contributed by atoms with Gasteiger partial charge in [0.25, 0.3) is 11.8 Å². The first-order chi connectivity index (χ1) is 28.5. The Bertz CT molecular complexity index is 2040. The van der Waals surface area contributed by atoms with Gasteiger partial charge in [0.05, 0.1) is 37.7 Å². The number of rotatable bonds is 12. The predicted octanol–water partition coefficient (Wildman–Crippen LogP) is 8.69. The second-order valence-electron chi connectivity index (χ2n) is 13.7. The van der Waals surface area contributed by atoms with E-state index in [1.54, 1.807) is 49.3 Å². The maximum atomic E-state index is 12.9. The van der Waals surface area contributed by atoms with Gasteiger partial charge in [0.1, 0.15) is 21.5 Å². The largest absolute Gasteiger partial charge is 0.484 e. The van der Waals surface area contributed by atoms with Crippen molar-refractivity contribution in [2.75, 3.05) is 40.5 Å². The Morgan fingerprint density at radius 3 is 1.41 bits per heavy atom. The van der Waals surface area contributed by atoms with E-state index in [4.69, 9.17) is 28.9 Å². The van der Waals surface area contributed by atoms with Gasteiger partial charge in [-0.1, -0.05) is 36.4 Å². The maximum Gasteiger partial charge on any atom is 0.261 e. The van der Waals surface area contributed by atoms with Gasteiger partial charge < -0.3 is 28.7 Å². The van der Waals surface area contributed by atoms with Gasteiger partial charge >= 0.3 is 0 Å². The van der Waals surface area contributed by atoms with Crippen molar-refractivity contribution in [3.8, 4) is 44.4 Å². The number of thiazole rings is 2. The van der Waals surface area contributed by atoms with Gasteiger partial charge in [-0.25, -0.2) is 19.9 Å². The number of hydrogen-bond donors (Lipinski definition) is 0. The van der Waals surface area contributed by atoms with Crippen LogP contribution in [0.5, 0.6) is 23.3 Å². The van der Waals surface area contributed by atoms with Gasteiger partial charge in [-0.05, 0) is 74.9 Å². The summed E-state index contributed by atoms with van der Waals surface area (Å²) in [4.78, 5) is 47.7.